The number of ether oxygens (including phenoxy) is 1. The van der Waals surface area contributed by atoms with Crippen molar-refractivity contribution in [3.63, 3.8) is 0 Å². The van der Waals surface area contributed by atoms with Gasteiger partial charge in [0.15, 0.2) is 5.78 Å². The van der Waals surface area contributed by atoms with Gasteiger partial charge in [-0.3, -0.25) is 4.79 Å². The second-order valence-corrected chi connectivity index (χ2v) is 5.22. The Morgan fingerprint density at radius 2 is 2.11 bits per heavy atom. The zero-order chi connectivity index (χ0) is 13.0. The van der Waals surface area contributed by atoms with Gasteiger partial charge in [0.25, 0.3) is 0 Å². The van der Waals surface area contributed by atoms with E-state index in [-0.39, 0.29) is 5.78 Å². The summed E-state index contributed by atoms with van der Waals surface area (Å²) in [5, 5.41) is 0. The topological polar surface area (TPSA) is 26.3 Å². The number of hydrogen-bond acceptors (Lipinski definition) is 2. The van der Waals surface area contributed by atoms with Gasteiger partial charge in [-0.1, -0.05) is 32.4 Å². The number of ketones is 1. The molecule has 1 aromatic carbocycles. The number of rotatable bonds is 4. The summed E-state index contributed by atoms with van der Waals surface area (Å²) in [4.78, 5) is 11.7. The van der Waals surface area contributed by atoms with E-state index < -0.39 is 0 Å². The first-order valence-electron chi connectivity index (χ1n) is 7.00. The molecule has 2 atom stereocenters. The molecule has 0 aliphatic heterocycles. The average molecular weight is 246 g/mol. The van der Waals surface area contributed by atoms with E-state index in [1.807, 2.05) is 31.2 Å². The summed E-state index contributed by atoms with van der Waals surface area (Å²) >= 11 is 0. The first kappa shape index (κ1) is 13.1. The molecule has 0 spiro atoms. The van der Waals surface area contributed by atoms with E-state index in [0.717, 1.165) is 17.7 Å². The van der Waals surface area contributed by atoms with E-state index in [4.69, 9.17) is 4.74 Å². The summed E-state index contributed by atoms with van der Waals surface area (Å²) in [6.07, 6.45) is 5.80. The molecule has 98 valence electrons. The van der Waals surface area contributed by atoms with E-state index in [9.17, 15) is 4.79 Å². The third-order valence-corrected chi connectivity index (χ3v) is 3.80. The Morgan fingerprint density at radius 3 is 2.83 bits per heavy atom. The van der Waals surface area contributed by atoms with Crippen LogP contribution in [0.4, 0.5) is 0 Å². The quantitative estimate of drug-likeness (QED) is 0.743. The minimum atomic E-state index is 0.178. The van der Waals surface area contributed by atoms with Crippen LogP contribution in [0.25, 0.3) is 0 Å². The van der Waals surface area contributed by atoms with Crippen LogP contribution in [-0.2, 0) is 0 Å². The highest BCUT2D eigenvalue weighted by atomic mass is 16.5. The predicted molar refractivity (Wildman–Crippen MR) is 73.1 cm³/mol. The highest BCUT2D eigenvalue weighted by Gasteiger charge is 2.22. The molecule has 1 aliphatic rings. The Labute approximate surface area is 109 Å². The lowest BCUT2D eigenvalue weighted by atomic mass is 9.88. The molecule has 18 heavy (non-hydrogen) atoms. The maximum Gasteiger partial charge on any atom is 0.162 e. The van der Waals surface area contributed by atoms with Gasteiger partial charge in [-0.25, -0.2) is 0 Å². The zero-order valence-corrected chi connectivity index (χ0v) is 11.3. The molecule has 2 rings (SSSR count). The van der Waals surface area contributed by atoms with E-state index in [1.165, 1.54) is 19.3 Å². The number of carbonyl (C=O) groups excluding carboxylic acids is 1. The van der Waals surface area contributed by atoms with Crippen LogP contribution in [0.15, 0.2) is 24.3 Å². The highest BCUT2D eigenvalue weighted by molar-refractivity contribution is 5.96. The zero-order valence-electron chi connectivity index (χ0n) is 11.3. The Morgan fingerprint density at radius 1 is 1.33 bits per heavy atom. The lowest BCUT2D eigenvalue weighted by molar-refractivity contribution is 0.0975. The molecular formula is C16H22O2. The molecule has 2 heteroatoms. The third kappa shape index (κ3) is 3.12. The van der Waals surface area contributed by atoms with Crippen LogP contribution >= 0.6 is 0 Å². The minimum Gasteiger partial charge on any atom is -0.490 e. The number of hydrogen-bond donors (Lipinski definition) is 0. The fourth-order valence-corrected chi connectivity index (χ4v) is 2.58. The molecule has 0 amide bonds. The monoisotopic (exact) mass is 246 g/mol. The van der Waals surface area contributed by atoms with Gasteiger partial charge in [0, 0.05) is 12.0 Å². The molecule has 0 N–H and O–H groups in total. The normalized spacial score (nSPS) is 23.7. The standard InChI is InChI=1S/C16H22O2/c1-3-15(17)13-8-6-9-14(11-13)18-16-10-5-4-7-12(16)2/h6,8-9,11-12,16H,3-5,7,10H2,1-2H3. The van der Waals surface area contributed by atoms with E-state index >= 15 is 0 Å². The Balaban J connectivity index is 2.06. The van der Waals surface area contributed by atoms with Crippen LogP contribution in [-0.4, -0.2) is 11.9 Å². The minimum absolute atomic E-state index is 0.178. The molecule has 0 radical (unpaired) electrons. The first-order chi connectivity index (χ1) is 8.70. The van der Waals surface area contributed by atoms with Crippen LogP contribution in [0.5, 0.6) is 5.75 Å². The predicted octanol–water partition coefficient (Wildman–Crippen LogP) is 4.24. The molecule has 1 aromatic rings. The first-order valence-corrected chi connectivity index (χ1v) is 7.00. The van der Waals surface area contributed by atoms with Crippen LogP contribution in [0, 0.1) is 5.92 Å². The van der Waals surface area contributed by atoms with Crippen molar-refractivity contribution < 1.29 is 9.53 Å². The summed E-state index contributed by atoms with van der Waals surface area (Å²) in [6.45, 7) is 4.14. The maximum absolute atomic E-state index is 11.7. The summed E-state index contributed by atoms with van der Waals surface area (Å²) in [5.41, 5.74) is 0.762. The fourth-order valence-electron chi connectivity index (χ4n) is 2.58. The van der Waals surface area contributed by atoms with E-state index in [2.05, 4.69) is 6.92 Å². The van der Waals surface area contributed by atoms with Crippen molar-refractivity contribution in [3.05, 3.63) is 29.8 Å². The highest BCUT2D eigenvalue weighted by Crippen LogP contribution is 2.28. The molecule has 0 saturated heterocycles. The summed E-state index contributed by atoms with van der Waals surface area (Å²) in [5.74, 6) is 1.63. The van der Waals surface area contributed by atoms with Gasteiger partial charge in [0.05, 0.1) is 0 Å². The molecule has 2 unspecified atom stereocenters. The number of carbonyl (C=O) groups is 1. The number of Topliss-reactive ketones (excluding diaryl/α,β-unsaturated/α-hetero) is 1. The lowest BCUT2D eigenvalue weighted by Crippen LogP contribution is -2.28. The largest absolute Gasteiger partial charge is 0.490 e. The Kier molecular flexibility index (Phi) is 4.40. The summed E-state index contributed by atoms with van der Waals surface area (Å²) < 4.78 is 6.05. The molecular weight excluding hydrogens is 224 g/mol. The van der Waals surface area contributed by atoms with Gasteiger partial charge in [-0.05, 0) is 37.3 Å². The molecule has 0 aromatic heterocycles. The van der Waals surface area contributed by atoms with Crippen LogP contribution < -0.4 is 4.74 Å². The summed E-state index contributed by atoms with van der Waals surface area (Å²) in [6, 6.07) is 7.61. The molecule has 0 bridgehead atoms. The van der Waals surface area contributed by atoms with Crippen molar-refractivity contribution >= 4 is 5.78 Å². The molecule has 1 aliphatic carbocycles. The number of benzene rings is 1. The average Bonchev–Trinajstić information content (AvgIpc) is 2.41. The van der Waals surface area contributed by atoms with Crippen molar-refractivity contribution in [2.75, 3.05) is 0 Å². The van der Waals surface area contributed by atoms with E-state index in [0.29, 0.717) is 18.4 Å². The second kappa shape index (κ2) is 6.03. The summed E-state index contributed by atoms with van der Waals surface area (Å²) in [7, 11) is 0. The smallest absolute Gasteiger partial charge is 0.162 e. The van der Waals surface area contributed by atoms with Gasteiger partial charge >= 0.3 is 0 Å². The van der Waals surface area contributed by atoms with Crippen molar-refractivity contribution in [2.45, 2.75) is 52.1 Å². The van der Waals surface area contributed by atoms with Gasteiger partial charge in [-0.15, -0.1) is 0 Å². The van der Waals surface area contributed by atoms with Gasteiger partial charge in [0.1, 0.15) is 11.9 Å². The van der Waals surface area contributed by atoms with Gasteiger partial charge < -0.3 is 4.74 Å². The van der Waals surface area contributed by atoms with Crippen LogP contribution in [0.3, 0.4) is 0 Å². The van der Waals surface area contributed by atoms with Gasteiger partial charge in [0.2, 0.25) is 0 Å². The second-order valence-electron chi connectivity index (χ2n) is 5.22. The van der Waals surface area contributed by atoms with Crippen molar-refractivity contribution in [1.82, 2.24) is 0 Å². The Bertz CT molecular complexity index is 411. The Hall–Kier alpha value is -1.31. The van der Waals surface area contributed by atoms with Crippen molar-refractivity contribution in [1.29, 1.82) is 0 Å². The van der Waals surface area contributed by atoms with Gasteiger partial charge in [-0.2, -0.15) is 0 Å². The lowest BCUT2D eigenvalue weighted by Gasteiger charge is -2.29. The molecule has 1 saturated carbocycles. The molecule has 0 heterocycles. The van der Waals surface area contributed by atoms with E-state index in [1.54, 1.807) is 0 Å². The third-order valence-electron chi connectivity index (χ3n) is 3.80. The van der Waals surface area contributed by atoms with Crippen LogP contribution in [0.2, 0.25) is 0 Å². The van der Waals surface area contributed by atoms with Crippen molar-refractivity contribution in [2.24, 2.45) is 5.92 Å². The molecule has 1 fully saturated rings. The van der Waals surface area contributed by atoms with Crippen LogP contribution in [0.1, 0.15) is 56.3 Å². The molecule has 2 nitrogen and oxygen atoms in total. The van der Waals surface area contributed by atoms with Crippen molar-refractivity contribution in [3.8, 4) is 5.75 Å². The SMILES string of the molecule is CCC(=O)c1cccc(OC2CCCCC2C)c1. The fraction of sp³-hybridized carbons (Fsp3) is 0.562. The maximum atomic E-state index is 11.7.